The van der Waals surface area contributed by atoms with Gasteiger partial charge in [-0.05, 0) is 30.5 Å². The Kier molecular flexibility index (Phi) is 8.02. The van der Waals surface area contributed by atoms with Gasteiger partial charge in [-0.25, -0.2) is 0 Å². The van der Waals surface area contributed by atoms with Gasteiger partial charge in [0.1, 0.15) is 6.04 Å². The van der Waals surface area contributed by atoms with Crippen molar-refractivity contribution in [2.45, 2.75) is 32.0 Å². The standard InChI is InChI=1S/C16H22N2O4.ClH/c1-22-11-13-6-3-2-5-12(13)9-17-15(19)10-18-8-4-7-14(18)16(20)21;/h2-3,5-6,14H,4,7-11H2,1H3,(H,17,19)(H,20,21);1H/t14-;/m1./s1. The van der Waals surface area contributed by atoms with Gasteiger partial charge in [-0.3, -0.25) is 14.5 Å². The van der Waals surface area contributed by atoms with Crippen molar-refractivity contribution in [2.75, 3.05) is 20.2 Å². The molecule has 1 fully saturated rings. The lowest BCUT2D eigenvalue weighted by Crippen LogP contribution is -2.42. The van der Waals surface area contributed by atoms with E-state index in [1.165, 1.54) is 0 Å². The van der Waals surface area contributed by atoms with E-state index in [-0.39, 0.29) is 24.9 Å². The number of rotatable bonds is 7. The van der Waals surface area contributed by atoms with E-state index in [1.54, 1.807) is 12.0 Å². The van der Waals surface area contributed by atoms with Gasteiger partial charge in [0, 0.05) is 13.7 Å². The maximum absolute atomic E-state index is 12.0. The van der Waals surface area contributed by atoms with Gasteiger partial charge >= 0.3 is 5.97 Å². The minimum Gasteiger partial charge on any atom is -0.480 e. The molecular formula is C16H23ClN2O4. The van der Waals surface area contributed by atoms with Gasteiger partial charge in [0.15, 0.2) is 0 Å². The van der Waals surface area contributed by atoms with Crippen LogP contribution in [0.4, 0.5) is 0 Å². The van der Waals surface area contributed by atoms with Crippen molar-refractivity contribution in [3.63, 3.8) is 0 Å². The van der Waals surface area contributed by atoms with E-state index in [1.807, 2.05) is 24.3 Å². The first-order chi connectivity index (χ1) is 10.6. The normalized spacial score (nSPS) is 17.5. The van der Waals surface area contributed by atoms with E-state index in [4.69, 9.17) is 9.84 Å². The van der Waals surface area contributed by atoms with E-state index < -0.39 is 12.0 Å². The zero-order valence-corrected chi connectivity index (χ0v) is 14.0. The van der Waals surface area contributed by atoms with Crippen molar-refractivity contribution < 1.29 is 19.4 Å². The summed E-state index contributed by atoms with van der Waals surface area (Å²) in [5.74, 6) is -1.00. The number of carboxylic acid groups (broad SMARTS) is 1. The predicted molar refractivity (Wildman–Crippen MR) is 88.5 cm³/mol. The summed E-state index contributed by atoms with van der Waals surface area (Å²) in [5.41, 5.74) is 2.05. The second-order valence-electron chi connectivity index (χ2n) is 5.45. The Bertz CT molecular complexity index is 539. The summed E-state index contributed by atoms with van der Waals surface area (Å²) < 4.78 is 5.14. The van der Waals surface area contributed by atoms with E-state index in [2.05, 4.69) is 5.32 Å². The molecule has 1 aromatic rings. The molecule has 1 amide bonds. The van der Waals surface area contributed by atoms with Crippen molar-refractivity contribution in [2.24, 2.45) is 0 Å². The number of nitrogens with one attached hydrogen (secondary N) is 1. The van der Waals surface area contributed by atoms with Crippen LogP contribution in [-0.4, -0.2) is 48.1 Å². The minimum absolute atomic E-state index is 0. The van der Waals surface area contributed by atoms with Crippen LogP contribution in [0, 0.1) is 0 Å². The molecule has 1 heterocycles. The monoisotopic (exact) mass is 342 g/mol. The smallest absolute Gasteiger partial charge is 0.320 e. The predicted octanol–water partition coefficient (Wildman–Crippen LogP) is 1.42. The molecule has 2 rings (SSSR count). The number of halogens is 1. The molecule has 2 N–H and O–H groups in total. The summed E-state index contributed by atoms with van der Waals surface area (Å²) >= 11 is 0. The molecule has 1 saturated heterocycles. The molecule has 1 aliphatic heterocycles. The molecule has 0 unspecified atom stereocenters. The van der Waals surface area contributed by atoms with E-state index in [9.17, 15) is 9.59 Å². The molecule has 0 aliphatic carbocycles. The van der Waals surface area contributed by atoms with E-state index in [0.29, 0.717) is 26.1 Å². The Hall–Kier alpha value is -1.63. The maximum atomic E-state index is 12.0. The van der Waals surface area contributed by atoms with Crippen LogP contribution in [0.25, 0.3) is 0 Å². The van der Waals surface area contributed by atoms with Gasteiger partial charge in [-0.1, -0.05) is 24.3 Å². The molecule has 1 aromatic carbocycles. The van der Waals surface area contributed by atoms with Gasteiger partial charge < -0.3 is 15.2 Å². The Morgan fingerprint density at radius 3 is 2.70 bits per heavy atom. The van der Waals surface area contributed by atoms with Gasteiger partial charge in [-0.2, -0.15) is 0 Å². The Morgan fingerprint density at radius 2 is 2.04 bits per heavy atom. The fourth-order valence-corrected chi connectivity index (χ4v) is 2.76. The highest BCUT2D eigenvalue weighted by Crippen LogP contribution is 2.16. The van der Waals surface area contributed by atoms with Gasteiger partial charge in [0.05, 0.1) is 13.2 Å². The summed E-state index contributed by atoms with van der Waals surface area (Å²) in [7, 11) is 1.63. The molecule has 0 spiro atoms. The van der Waals surface area contributed by atoms with E-state index in [0.717, 1.165) is 17.5 Å². The Balaban J connectivity index is 0.00000264. The third-order valence-corrected chi connectivity index (χ3v) is 3.89. The first-order valence-electron chi connectivity index (χ1n) is 7.41. The van der Waals surface area contributed by atoms with Crippen LogP contribution in [0.5, 0.6) is 0 Å². The summed E-state index contributed by atoms with van der Waals surface area (Å²) in [4.78, 5) is 24.9. The molecule has 6 nitrogen and oxygen atoms in total. The lowest BCUT2D eigenvalue weighted by atomic mass is 10.1. The molecule has 0 radical (unpaired) electrons. The van der Waals surface area contributed by atoms with E-state index >= 15 is 0 Å². The van der Waals surface area contributed by atoms with Crippen molar-refractivity contribution in [3.8, 4) is 0 Å². The molecule has 7 heteroatoms. The number of aliphatic carboxylic acids is 1. The van der Waals surface area contributed by atoms with Crippen molar-refractivity contribution in [3.05, 3.63) is 35.4 Å². The molecule has 0 saturated carbocycles. The van der Waals surface area contributed by atoms with Crippen LogP contribution in [0.3, 0.4) is 0 Å². The molecule has 0 aromatic heterocycles. The third-order valence-electron chi connectivity index (χ3n) is 3.89. The van der Waals surface area contributed by atoms with Crippen molar-refractivity contribution >= 4 is 24.3 Å². The number of methoxy groups -OCH3 is 1. The topological polar surface area (TPSA) is 78.9 Å². The number of carbonyl (C=O) groups is 2. The average Bonchev–Trinajstić information content (AvgIpc) is 2.95. The fourth-order valence-electron chi connectivity index (χ4n) is 2.76. The van der Waals surface area contributed by atoms with Gasteiger partial charge in [0.25, 0.3) is 0 Å². The summed E-state index contributed by atoms with van der Waals surface area (Å²) in [6.45, 7) is 1.71. The number of likely N-dealkylation sites (tertiary alicyclic amines) is 1. The first kappa shape index (κ1) is 19.4. The fraction of sp³-hybridized carbons (Fsp3) is 0.500. The molecule has 128 valence electrons. The second kappa shape index (κ2) is 9.50. The highest BCUT2D eigenvalue weighted by molar-refractivity contribution is 5.85. The quantitative estimate of drug-likeness (QED) is 0.783. The third kappa shape index (κ3) is 5.49. The van der Waals surface area contributed by atoms with Gasteiger partial charge in [-0.15, -0.1) is 12.4 Å². The second-order valence-corrected chi connectivity index (χ2v) is 5.45. The number of carbonyl (C=O) groups excluding carboxylic acids is 1. The number of nitrogens with zero attached hydrogens (tertiary/aromatic N) is 1. The number of hydrogen-bond acceptors (Lipinski definition) is 4. The van der Waals surface area contributed by atoms with Crippen LogP contribution in [0.1, 0.15) is 24.0 Å². The number of ether oxygens (including phenoxy) is 1. The molecule has 1 atom stereocenters. The SMILES string of the molecule is COCc1ccccc1CNC(=O)CN1CCC[C@@H]1C(=O)O.Cl. The summed E-state index contributed by atoms with van der Waals surface area (Å²) in [5, 5.41) is 12.0. The zero-order chi connectivity index (χ0) is 15.9. The summed E-state index contributed by atoms with van der Waals surface area (Å²) in [6.07, 6.45) is 1.43. The first-order valence-corrected chi connectivity index (χ1v) is 7.41. The van der Waals surface area contributed by atoms with Crippen molar-refractivity contribution in [1.82, 2.24) is 10.2 Å². The number of amides is 1. The minimum atomic E-state index is -0.851. The summed E-state index contributed by atoms with van der Waals surface area (Å²) in [6, 6.07) is 7.23. The Morgan fingerprint density at radius 1 is 1.35 bits per heavy atom. The van der Waals surface area contributed by atoms with Crippen LogP contribution in [-0.2, 0) is 27.5 Å². The highest BCUT2D eigenvalue weighted by Gasteiger charge is 2.31. The highest BCUT2D eigenvalue weighted by atomic mass is 35.5. The lowest BCUT2D eigenvalue weighted by molar-refractivity contribution is -0.142. The van der Waals surface area contributed by atoms with Crippen LogP contribution in [0.2, 0.25) is 0 Å². The van der Waals surface area contributed by atoms with Crippen LogP contribution >= 0.6 is 12.4 Å². The average molecular weight is 343 g/mol. The Labute approximate surface area is 142 Å². The number of hydrogen-bond donors (Lipinski definition) is 2. The van der Waals surface area contributed by atoms with Crippen LogP contribution < -0.4 is 5.32 Å². The molecule has 1 aliphatic rings. The molecule has 0 bridgehead atoms. The molecule has 23 heavy (non-hydrogen) atoms. The van der Waals surface area contributed by atoms with Gasteiger partial charge in [0.2, 0.25) is 5.91 Å². The largest absolute Gasteiger partial charge is 0.480 e. The van der Waals surface area contributed by atoms with Crippen molar-refractivity contribution in [1.29, 1.82) is 0 Å². The molecular weight excluding hydrogens is 320 g/mol. The van der Waals surface area contributed by atoms with Crippen LogP contribution in [0.15, 0.2) is 24.3 Å². The maximum Gasteiger partial charge on any atom is 0.320 e. The lowest BCUT2D eigenvalue weighted by Gasteiger charge is -2.20. The zero-order valence-electron chi connectivity index (χ0n) is 13.2. The number of benzene rings is 1. The number of carboxylic acids is 1.